The Labute approximate surface area is 174 Å². The molecule has 1 saturated heterocycles. The van der Waals surface area contributed by atoms with E-state index in [2.05, 4.69) is 21.8 Å². The molecule has 3 heterocycles. The van der Waals surface area contributed by atoms with Gasteiger partial charge in [-0.3, -0.25) is 9.78 Å². The van der Waals surface area contributed by atoms with Crippen molar-refractivity contribution < 1.29 is 9.53 Å². The molecule has 1 saturated carbocycles. The SMILES string of the molecule is C[C@@H]1C[C@H](n2c(CC(=O)NCC3CC3)nc3cnc4ccc(Cl)cc4c32)CCO1. The molecule has 6 nitrogen and oxygen atoms in total. The molecule has 2 fully saturated rings. The first-order valence-corrected chi connectivity index (χ1v) is 10.8. The Kier molecular flexibility index (Phi) is 4.92. The number of aromatic nitrogens is 3. The van der Waals surface area contributed by atoms with Gasteiger partial charge in [0, 0.05) is 29.6 Å². The van der Waals surface area contributed by atoms with Crippen molar-refractivity contribution in [3.05, 3.63) is 35.2 Å². The number of rotatable bonds is 5. The van der Waals surface area contributed by atoms with E-state index >= 15 is 0 Å². The summed E-state index contributed by atoms with van der Waals surface area (Å²) >= 11 is 6.31. The smallest absolute Gasteiger partial charge is 0.227 e. The second-order valence-corrected chi connectivity index (χ2v) is 8.77. The fourth-order valence-electron chi connectivity index (χ4n) is 4.31. The molecule has 1 amide bonds. The second kappa shape index (κ2) is 7.58. The van der Waals surface area contributed by atoms with Crippen molar-refractivity contribution in [1.29, 1.82) is 0 Å². The Balaban J connectivity index is 1.60. The number of halogens is 1. The molecule has 5 rings (SSSR count). The number of amides is 1. The van der Waals surface area contributed by atoms with Crippen LogP contribution in [-0.4, -0.2) is 39.7 Å². The number of fused-ring (bicyclic) bond motifs is 3. The van der Waals surface area contributed by atoms with Gasteiger partial charge >= 0.3 is 0 Å². The molecule has 1 aromatic carbocycles. The first-order valence-electron chi connectivity index (χ1n) is 10.4. The summed E-state index contributed by atoms with van der Waals surface area (Å²) in [6.45, 7) is 3.58. The standard InChI is InChI=1S/C22H25ClN4O2/c1-13-8-16(6-7-29-13)27-20(10-21(28)25-11-14-2-3-14)26-19-12-24-18-5-4-15(23)9-17(18)22(19)27/h4-5,9,12-14,16H,2-3,6-8,10-11H2,1H3,(H,25,28)/t13-,16-/m1/s1. The predicted molar refractivity (Wildman–Crippen MR) is 113 cm³/mol. The Morgan fingerprint density at radius 1 is 1.31 bits per heavy atom. The summed E-state index contributed by atoms with van der Waals surface area (Å²) in [5, 5.41) is 4.72. The van der Waals surface area contributed by atoms with Crippen LogP contribution in [0, 0.1) is 5.92 Å². The highest BCUT2D eigenvalue weighted by Gasteiger charge is 2.28. The van der Waals surface area contributed by atoms with Crippen molar-refractivity contribution in [2.75, 3.05) is 13.2 Å². The molecular weight excluding hydrogens is 388 g/mol. The van der Waals surface area contributed by atoms with Gasteiger partial charge in [-0.1, -0.05) is 11.6 Å². The first kappa shape index (κ1) is 18.8. The number of hydrogen-bond acceptors (Lipinski definition) is 4. The van der Waals surface area contributed by atoms with Crippen LogP contribution in [0.1, 0.15) is 44.5 Å². The van der Waals surface area contributed by atoms with Crippen LogP contribution < -0.4 is 5.32 Å². The molecule has 2 aliphatic rings. The van der Waals surface area contributed by atoms with Gasteiger partial charge in [0.25, 0.3) is 0 Å². The van der Waals surface area contributed by atoms with Crippen LogP contribution in [0.3, 0.4) is 0 Å². The topological polar surface area (TPSA) is 69.0 Å². The minimum absolute atomic E-state index is 0.0314. The van der Waals surface area contributed by atoms with Crippen LogP contribution in [0.25, 0.3) is 21.9 Å². The summed E-state index contributed by atoms with van der Waals surface area (Å²) in [4.78, 5) is 22.0. The average molecular weight is 413 g/mol. The number of carbonyl (C=O) groups excluding carboxylic acids is 1. The lowest BCUT2D eigenvalue weighted by Gasteiger charge is -2.30. The third-order valence-electron chi connectivity index (χ3n) is 5.98. The molecule has 1 aliphatic heterocycles. The predicted octanol–water partition coefficient (Wildman–Crippen LogP) is 4.05. The Bertz CT molecular complexity index is 1080. The van der Waals surface area contributed by atoms with Gasteiger partial charge in [-0.25, -0.2) is 4.98 Å². The Hall–Kier alpha value is -2.18. The molecule has 0 spiro atoms. The van der Waals surface area contributed by atoms with Gasteiger partial charge in [-0.2, -0.15) is 0 Å². The average Bonchev–Trinajstić information content (AvgIpc) is 3.46. The van der Waals surface area contributed by atoms with Gasteiger partial charge in [-0.15, -0.1) is 0 Å². The number of nitrogens with one attached hydrogen (secondary N) is 1. The first-order chi connectivity index (χ1) is 14.1. The number of imidazole rings is 1. The van der Waals surface area contributed by atoms with E-state index in [0.29, 0.717) is 17.5 Å². The van der Waals surface area contributed by atoms with E-state index < -0.39 is 0 Å². The van der Waals surface area contributed by atoms with E-state index in [1.54, 1.807) is 6.20 Å². The van der Waals surface area contributed by atoms with E-state index in [0.717, 1.165) is 47.1 Å². The highest BCUT2D eigenvalue weighted by molar-refractivity contribution is 6.31. The lowest BCUT2D eigenvalue weighted by molar-refractivity contribution is -0.120. The van der Waals surface area contributed by atoms with Crippen LogP contribution in [0.15, 0.2) is 24.4 Å². The summed E-state index contributed by atoms with van der Waals surface area (Å²) < 4.78 is 8.03. The van der Waals surface area contributed by atoms with Crippen molar-refractivity contribution in [3.8, 4) is 0 Å². The van der Waals surface area contributed by atoms with Crippen molar-refractivity contribution in [1.82, 2.24) is 19.9 Å². The molecule has 3 aromatic rings. The molecule has 2 aromatic heterocycles. The number of pyridine rings is 1. The van der Waals surface area contributed by atoms with Gasteiger partial charge in [0.1, 0.15) is 11.3 Å². The van der Waals surface area contributed by atoms with Crippen LogP contribution in [0.5, 0.6) is 0 Å². The molecule has 0 unspecified atom stereocenters. The van der Waals surface area contributed by atoms with E-state index in [1.807, 2.05) is 18.2 Å². The van der Waals surface area contributed by atoms with E-state index in [1.165, 1.54) is 12.8 Å². The van der Waals surface area contributed by atoms with Crippen LogP contribution in [0.4, 0.5) is 0 Å². The minimum atomic E-state index is 0.0314. The minimum Gasteiger partial charge on any atom is -0.378 e. The van der Waals surface area contributed by atoms with Gasteiger partial charge < -0.3 is 14.6 Å². The van der Waals surface area contributed by atoms with Gasteiger partial charge in [0.05, 0.1) is 29.8 Å². The van der Waals surface area contributed by atoms with Gasteiger partial charge in [-0.05, 0) is 56.7 Å². The number of carbonyl (C=O) groups is 1. The summed E-state index contributed by atoms with van der Waals surface area (Å²) in [5.74, 6) is 1.48. The zero-order valence-corrected chi connectivity index (χ0v) is 17.3. The lowest BCUT2D eigenvalue weighted by atomic mass is 10.0. The zero-order chi connectivity index (χ0) is 20.0. The van der Waals surface area contributed by atoms with E-state index in [9.17, 15) is 4.79 Å². The largest absolute Gasteiger partial charge is 0.378 e. The van der Waals surface area contributed by atoms with E-state index in [-0.39, 0.29) is 24.5 Å². The number of nitrogens with zero attached hydrogens (tertiary/aromatic N) is 3. The molecule has 1 N–H and O–H groups in total. The number of ether oxygens (including phenoxy) is 1. The third kappa shape index (κ3) is 3.83. The van der Waals surface area contributed by atoms with Crippen molar-refractivity contribution in [3.63, 3.8) is 0 Å². The van der Waals surface area contributed by atoms with Gasteiger partial charge in [0.15, 0.2) is 0 Å². The molecule has 0 radical (unpaired) electrons. The normalized spacial score (nSPS) is 22.3. The summed E-state index contributed by atoms with van der Waals surface area (Å²) in [6, 6.07) is 5.97. The molecule has 2 atom stereocenters. The van der Waals surface area contributed by atoms with Crippen LogP contribution in [-0.2, 0) is 16.0 Å². The Morgan fingerprint density at radius 3 is 2.97 bits per heavy atom. The van der Waals surface area contributed by atoms with Crippen LogP contribution >= 0.6 is 11.6 Å². The zero-order valence-electron chi connectivity index (χ0n) is 16.5. The van der Waals surface area contributed by atoms with Crippen LogP contribution in [0.2, 0.25) is 5.02 Å². The second-order valence-electron chi connectivity index (χ2n) is 8.34. The molecule has 7 heteroatoms. The molecular formula is C22H25ClN4O2. The molecule has 1 aliphatic carbocycles. The molecule has 152 valence electrons. The maximum atomic E-state index is 12.6. The summed E-state index contributed by atoms with van der Waals surface area (Å²) in [7, 11) is 0. The van der Waals surface area contributed by atoms with Crippen molar-refractivity contribution in [2.24, 2.45) is 5.92 Å². The Morgan fingerprint density at radius 2 is 2.17 bits per heavy atom. The highest BCUT2D eigenvalue weighted by atomic mass is 35.5. The van der Waals surface area contributed by atoms with Crippen molar-refractivity contribution in [2.45, 2.75) is 51.2 Å². The fourth-order valence-corrected chi connectivity index (χ4v) is 4.48. The summed E-state index contributed by atoms with van der Waals surface area (Å²) in [6.07, 6.45) is 6.49. The quantitative estimate of drug-likeness (QED) is 0.686. The van der Waals surface area contributed by atoms with Crippen molar-refractivity contribution >= 4 is 39.4 Å². The number of hydrogen-bond donors (Lipinski definition) is 1. The monoisotopic (exact) mass is 412 g/mol. The maximum absolute atomic E-state index is 12.6. The number of benzene rings is 1. The molecule has 0 bridgehead atoms. The lowest BCUT2D eigenvalue weighted by Crippen LogP contribution is -2.30. The summed E-state index contributed by atoms with van der Waals surface area (Å²) in [5.41, 5.74) is 2.71. The highest BCUT2D eigenvalue weighted by Crippen LogP contribution is 2.34. The maximum Gasteiger partial charge on any atom is 0.227 e. The fraction of sp³-hybridized carbons (Fsp3) is 0.500. The van der Waals surface area contributed by atoms with E-state index in [4.69, 9.17) is 21.3 Å². The third-order valence-corrected chi connectivity index (χ3v) is 6.21. The molecule has 29 heavy (non-hydrogen) atoms. The van der Waals surface area contributed by atoms with Gasteiger partial charge in [0.2, 0.25) is 5.91 Å².